The number of unbranched alkanes of at least 4 members (excludes halogenated alkanes) is 1. The number of halogens is 1. The molecular weight excluding hydrogens is 549 g/mol. The number of likely N-dealkylation sites (tertiary alicyclic amines) is 1. The maximum absolute atomic E-state index is 13.9. The molecule has 0 N–H and O–H groups in total. The molecule has 4 rings (SSSR count). The van der Waals surface area contributed by atoms with Crippen molar-refractivity contribution in [1.82, 2.24) is 4.90 Å². The summed E-state index contributed by atoms with van der Waals surface area (Å²) >= 11 is 3.80. The number of hydrogen-bond acceptors (Lipinski definition) is 4. The highest BCUT2D eigenvalue weighted by atomic mass is 79.9. The average Bonchev–Trinajstić information content (AvgIpc) is 3.06. The number of benzene rings is 1. The Morgan fingerprint density at radius 3 is 2.28 bits per heavy atom. The third-order valence-corrected chi connectivity index (χ3v) is 11.0. The summed E-state index contributed by atoms with van der Waals surface area (Å²) in [6, 6.07) is 7.24. The third kappa shape index (κ3) is 7.04. The highest BCUT2D eigenvalue weighted by Gasteiger charge is 2.50. The number of ketones is 1. The van der Waals surface area contributed by atoms with Crippen molar-refractivity contribution >= 4 is 28.8 Å². The summed E-state index contributed by atoms with van der Waals surface area (Å²) in [6.07, 6.45) is 10.5. The van der Waals surface area contributed by atoms with Crippen LogP contribution >= 0.6 is 15.9 Å². The van der Waals surface area contributed by atoms with Crippen molar-refractivity contribution in [3.63, 3.8) is 0 Å². The molecule has 2 atom stereocenters. The van der Waals surface area contributed by atoms with Crippen molar-refractivity contribution in [2.75, 3.05) is 13.1 Å². The molecule has 1 aliphatic carbocycles. The van der Waals surface area contributed by atoms with Gasteiger partial charge in [-0.05, 0) is 114 Å². The molecule has 218 valence electrons. The number of carbonyl (C=O) groups excluding carboxylic acids is 1. The van der Waals surface area contributed by atoms with E-state index in [1.165, 1.54) is 34.9 Å². The number of hydrogen-bond donors (Lipinski definition) is 0. The van der Waals surface area contributed by atoms with E-state index in [4.69, 9.17) is 9.31 Å². The number of carbonyl (C=O) groups is 1. The largest absolute Gasteiger partial charge is 0.457 e. The molecule has 39 heavy (non-hydrogen) atoms. The molecule has 0 aromatic heterocycles. The summed E-state index contributed by atoms with van der Waals surface area (Å²) in [6.45, 7) is 19.5. The highest BCUT2D eigenvalue weighted by Crippen LogP contribution is 2.46. The van der Waals surface area contributed by atoms with Crippen molar-refractivity contribution in [2.24, 2.45) is 16.7 Å². The van der Waals surface area contributed by atoms with Gasteiger partial charge in [0.2, 0.25) is 0 Å². The summed E-state index contributed by atoms with van der Waals surface area (Å²) in [4.78, 5) is 16.6. The fourth-order valence-corrected chi connectivity index (χ4v) is 7.73. The number of nitrogens with zero attached hydrogens (tertiary/aromatic N) is 1. The van der Waals surface area contributed by atoms with E-state index in [1.54, 1.807) is 0 Å². The normalized spacial score (nSPS) is 25.4. The molecule has 3 aliphatic rings. The van der Waals surface area contributed by atoms with E-state index in [0.29, 0.717) is 24.2 Å². The number of rotatable bonds is 9. The molecule has 2 unspecified atom stereocenters. The van der Waals surface area contributed by atoms with Gasteiger partial charge in [0.15, 0.2) is 0 Å². The van der Waals surface area contributed by atoms with Crippen LogP contribution in [-0.2, 0) is 20.5 Å². The molecule has 0 saturated carbocycles. The van der Waals surface area contributed by atoms with Crippen LogP contribution in [-0.4, -0.2) is 42.1 Å². The second-order valence-corrected chi connectivity index (χ2v) is 15.9. The van der Waals surface area contributed by atoms with Gasteiger partial charge in [0.25, 0.3) is 0 Å². The molecule has 2 saturated heterocycles. The van der Waals surface area contributed by atoms with E-state index >= 15 is 0 Å². The van der Waals surface area contributed by atoms with Gasteiger partial charge in [-0.15, -0.1) is 0 Å². The van der Waals surface area contributed by atoms with Crippen LogP contribution in [0.5, 0.6) is 0 Å². The van der Waals surface area contributed by atoms with Gasteiger partial charge in [0, 0.05) is 22.4 Å². The minimum absolute atomic E-state index is 0.0148. The smallest absolute Gasteiger partial charge is 0.403 e. The van der Waals surface area contributed by atoms with Gasteiger partial charge in [-0.25, -0.2) is 0 Å². The maximum Gasteiger partial charge on any atom is 0.457 e. The van der Waals surface area contributed by atoms with E-state index in [-0.39, 0.29) is 29.2 Å². The molecule has 0 spiro atoms. The molecule has 4 nitrogen and oxygen atoms in total. The fourth-order valence-electron chi connectivity index (χ4n) is 7.15. The second kappa shape index (κ2) is 11.9. The van der Waals surface area contributed by atoms with Crippen LogP contribution in [0.15, 0.2) is 22.7 Å². The molecular formula is C33H53BBrNO3. The topological polar surface area (TPSA) is 38.8 Å². The molecule has 0 bridgehead atoms. The summed E-state index contributed by atoms with van der Waals surface area (Å²) < 4.78 is 13.7. The first-order valence-electron chi connectivity index (χ1n) is 15.5. The zero-order valence-electron chi connectivity index (χ0n) is 26.0. The fraction of sp³-hybridized carbons (Fsp3) is 0.788. The third-order valence-electron chi connectivity index (χ3n) is 10.3. The van der Waals surface area contributed by atoms with Crippen LogP contribution in [0.2, 0.25) is 6.32 Å². The van der Waals surface area contributed by atoms with E-state index < -0.39 is 0 Å². The first kappa shape index (κ1) is 31.3. The monoisotopic (exact) mass is 601 g/mol. The first-order chi connectivity index (χ1) is 18.1. The first-order valence-corrected chi connectivity index (χ1v) is 16.3. The Bertz CT molecular complexity index is 995. The van der Waals surface area contributed by atoms with E-state index in [9.17, 15) is 4.79 Å². The molecule has 0 radical (unpaired) electrons. The lowest BCUT2D eigenvalue weighted by atomic mass is 9.64. The predicted molar refractivity (Wildman–Crippen MR) is 166 cm³/mol. The summed E-state index contributed by atoms with van der Waals surface area (Å²) in [5.74, 6) is 0.919. The van der Waals surface area contributed by atoms with Gasteiger partial charge in [-0.2, -0.15) is 0 Å². The van der Waals surface area contributed by atoms with Crippen LogP contribution in [0.4, 0.5) is 0 Å². The Morgan fingerprint density at radius 2 is 1.67 bits per heavy atom. The van der Waals surface area contributed by atoms with Gasteiger partial charge in [0.1, 0.15) is 5.78 Å². The van der Waals surface area contributed by atoms with Gasteiger partial charge < -0.3 is 9.31 Å². The molecule has 2 fully saturated rings. The Hall–Kier alpha value is -0.685. The summed E-state index contributed by atoms with van der Waals surface area (Å²) in [5, 5.41) is 0. The van der Waals surface area contributed by atoms with Gasteiger partial charge >= 0.3 is 7.12 Å². The Morgan fingerprint density at radius 1 is 1.03 bits per heavy atom. The maximum atomic E-state index is 13.9. The number of Topliss-reactive ketones (excluding diaryl/α,β-unsaturated/α-hetero) is 1. The second-order valence-electron chi connectivity index (χ2n) is 15.0. The summed E-state index contributed by atoms with van der Waals surface area (Å²) in [5.41, 5.74) is 2.21. The lowest BCUT2D eigenvalue weighted by molar-refractivity contribution is -0.135. The minimum Gasteiger partial charge on any atom is -0.403 e. The van der Waals surface area contributed by atoms with Crippen LogP contribution in [0.25, 0.3) is 0 Å². The molecule has 6 heteroatoms. The van der Waals surface area contributed by atoms with Gasteiger partial charge in [-0.1, -0.05) is 68.6 Å². The zero-order chi connectivity index (χ0) is 28.6. The van der Waals surface area contributed by atoms with Crippen molar-refractivity contribution in [2.45, 2.75) is 137 Å². The highest BCUT2D eigenvalue weighted by molar-refractivity contribution is 9.10. The van der Waals surface area contributed by atoms with Crippen LogP contribution in [0.3, 0.4) is 0 Å². The Balaban J connectivity index is 1.39. The van der Waals surface area contributed by atoms with Crippen LogP contribution in [0.1, 0.15) is 124 Å². The van der Waals surface area contributed by atoms with Crippen molar-refractivity contribution in [1.29, 1.82) is 0 Å². The standard InChI is InChI=1S/C33H53BBrNO3/c1-30(2,3)23-29(37)33(8,19-9-10-20-34-38-31(4,5)32(6,7)39-34)24-17-21-36(22-18-24)28-16-12-13-25-26(28)14-11-15-27(25)35/h11,14-15,24,28H,9-10,12-13,16-23H2,1-8H3. The lowest BCUT2D eigenvalue weighted by Gasteiger charge is -2.46. The van der Waals surface area contributed by atoms with E-state index in [0.717, 1.165) is 51.5 Å². The minimum atomic E-state index is -0.280. The Kier molecular flexibility index (Phi) is 9.53. The SMILES string of the molecule is CC(C)(C)CC(=O)C(C)(CCCCB1OC(C)(C)C(C)(C)O1)C1CCN(C2CCCc3c(Br)cccc32)CC1. The van der Waals surface area contributed by atoms with Crippen molar-refractivity contribution in [3.05, 3.63) is 33.8 Å². The van der Waals surface area contributed by atoms with Crippen molar-refractivity contribution < 1.29 is 14.1 Å². The zero-order valence-corrected chi connectivity index (χ0v) is 27.6. The lowest BCUT2D eigenvalue weighted by Crippen LogP contribution is -2.45. The van der Waals surface area contributed by atoms with Crippen LogP contribution < -0.4 is 0 Å². The van der Waals surface area contributed by atoms with E-state index in [1.807, 2.05) is 0 Å². The Labute approximate surface area is 247 Å². The van der Waals surface area contributed by atoms with Crippen LogP contribution in [0, 0.1) is 16.7 Å². The quantitative estimate of drug-likeness (QED) is 0.209. The average molecular weight is 603 g/mol. The predicted octanol–water partition coefficient (Wildman–Crippen LogP) is 8.81. The number of fused-ring (bicyclic) bond motifs is 1. The van der Waals surface area contributed by atoms with E-state index in [2.05, 4.69) is 94.4 Å². The molecule has 2 aliphatic heterocycles. The number of piperidine rings is 1. The molecule has 0 amide bonds. The van der Waals surface area contributed by atoms with Gasteiger partial charge in [-0.3, -0.25) is 9.69 Å². The van der Waals surface area contributed by atoms with Crippen molar-refractivity contribution in [3.8, 4) is 0 Å². The molecule has 2 heterocycles. The molecule has 1 aromatic carbocycles. The summed E-state index contributed by atoms with van der Waals surface area (Å²) in [7, 11) is -0.145. The van der Waals surface area contributed by atoms with Gasteiger partial charge in [0.05, 0.1) is 11.2 Å². The molecule has 1 aromatic rings.